The minimum atomic E-state index is -0.823. The van der Waals surface area contributed by atoms with E-state index in [1.807, 2.05) is 42.5 Å². The summed E-state index contributed by atoms with van der Waals surface area (Å²) < 4.78 is 0. The Balaban J connectivity index is 1.72. The topological polar surface area (TPSA) is 0 Å². The van der Waals surface area contributed by atoms with E-state index in [0.717, 1.165) is 23.1 Å². The van der Waals surface area contributed by atoms with Crippen molar-refractivity contribution in [2.24, 2.45) is 0 Å². The third kappa shape index (κ3) is 4.51. The average Bonchev–Trinajstić information content (AvgIpc) is 2.94. The van der Waals surface area contributed by atoms with Gasteiger partial charge in [0.2, 0.25) is 0 Å². The zero-order valence-corrected chi connectivity index (χ0v) is 18.7. The summed E-state index contributed by atoms with van der Waals surface area (Å²) in [6.45, 7) is 0. The molecule has 0 saturated carbocycles. The Morgan fingerprint density at radius 2 is 1.40 bits per heavy atom. The average molecular weight is 435 g/mol. The van der Waals surface area contributed by atoms with Crippen LogP contribution in [0.1, 0.15) is 66.7 Å². The molecule has 0 N–H and O–H groups in total. The summed E-state index contributed by atoms with van der Waals surface area (Å²) in [5.74, 6) is 0.579. The van der Waals surface area contributed by atoms with E-state index in [1.165, 1.54) is 37.7 Å². The Bertz CT molecular complexity index is 975. The smallest absolute Gasteiger partial charge is 0.103 e. The molecule has 0 heterocycles. The van der Waals surface area contributed by atoms with E-state index in [9.17, 15) is 0 Å². The first kappa shape index (κ1) is 21.2. The van der Waals surface area contributed by atoms with E-state index < -0.39 is 4.87 Å². The lowest BCUT2D eigenvalue weighted by molar-refractivity contribution is 0.571. The second kappa shape index (κ2) is 9.86. The van der Waals surface area contributed by atoms with Crippen LogP contribution in [-0.4, -0.2) is 0 Å². The van der Waals surface area contributed by atoms with Crippen LogP contribution in [0.15, 0.2) is 91.0 Å². The van der Waals surface area contributed by atoms with Crippen molar-refractivity contribution in [1.82, 2.24) is 0 Å². The van der Waals surface area contributed by atoms with Crippen molar-refractivity contribution in [3.8, 4) is 0 Å². The van der Waals surface area contributed by atoms with Crippen molar-refractivity contribution in [3.63, 3.8) is 0 Å². The van der Waals surface area contributed by atoms with Crippen LogP contribution >= 0.6 is 23.2 Å². The Morgan fingerprint density at radius 3 is 2.17 bits per heavy atom. The third-order valence-electron chi connectivity index (χ3n) is 6.21. The number of alkyl halides is 1. The summed E-state index contributed by atoms with van der Waals surface area (Å²) >= 11 is 14.1. The molecule has 30 heavy (non-hydrogen) atoms. The van der Waals surface area contributed by atoms with Gasteiger partial charge in [-0.05, 0) is 54.4 Å². The second-order valence-electron chi connectivity index (χ2n) is 8.17. The maximum Gasteiger partial charge on any atom is 0.121 e. The highest BCUT2D eigenvalue weighted by molar-refractivity contribution is 6.34. The van der Waals surface area contributed by atoms with Gasteiger partial charge in [-0.2, -0.15) is 0 Å². The first-order chi connectivity index (χ1) is 14.7. The van der Waals surface area contributed by atoms with Gasteiger partial charge in [-0.1, -0.05) is 109 Å². The van der Waals surface area contributed by atoms with Gasteiger partial charge in [-0.15, -0.1) is 11.6 Å². The fourth-order valence-electron chi connectivity index (χ4n) is 4.50. The van der Waals surface area contributed by atoms with Gasteiger partial charge in [0.1, 0.15) is 4.87 Å². The summed E-state index contributed by atoms with van der Waals surface area (Å²) in [5.41, 5.74) is 4.39. The Labute approximate surface area is 190 Å². The number of rotatable bonds is 4. The van der Waals surface area contributed by atoms with E-state index in [0.29, 0.717) is 10.9 Å². The molecule has 0 nitrogen and oxygen atoms in total. The van der Waals surface area contributed by atoms with Crippen LogP contribution in [0, 0.1) is 0 Å². The van der Waals surface area contributed by atoms with Crippen molar-refractivity contribution < 1.29 is 0 Å². The Hall–Kier alpha value is -2.02. The van der Waals surface area contributed by atoms with E-state index >= 15 is 0 Å². The summed E-state index contributed by atoms with van der Waals surface area (Å²) in [4.78, 5) is -0.823. The maximum atomic E-state index is 7.43. The number of hydrogen-bond donors (Lipinski definition) is 0. The molecule has 0 amide bonds. The summed E-state index contributed by atoms with van der Waals surface area (Å²) in [5, 5.41) is 0.682. The standard InChI is InChI=1S/C28H28Cl2/c29-27-17-11-10-16-26(27)28(30,24-14-8-5-9-15-24)25-20-18-23(19-21-25)22-12-6-3-1-2-4-7-13-22/h3,5-6,8-11,14-22H,1-2,4,7,12-13H2/b6-3-. The van der Waals surface area contributed by atoms with Gasteiger partial charge >= 0.3 is 0 Å². The van der Waals surface area contributed by atoms with E-state index in [2.05, 4.69) is 48.6 Å². The van der Waals surface area contributed by atoms with Crippen LogP contribution in [0.2, 0.25) is 5.02 Å². The van der Waals surface area contributed by atoms with Gasteiger partial charge in [0, 0.05) is 10.6 Å². The quantitative estimate of drug-likeness (QED) is 0.218. The number of halogens is 2. The molecule has 3 aromatic carbocycles. The molecule has 154 valence electrons. The van der Waals surface area contributed by atoms with Gasteiger partial charge in [0.15, 0.2) is 0 Å². The summed E-state index contributed by atoms with van der Waals surface area (Å²) in [6, 6.07) is 27.0. The lowest BCUT2D eigenvalue weighted by atomic mass is 9.82. The molecule has 0 radical (unpaired) electrons. The van der Waals surface area contributed by atoms with Crippen LogP contribution in [0.4, 0.5) is 0 Å². The predicted octanol–water partition coefficient (Wildman–Crippen LogP) is 8.86. The highest BCUT2D eigenvalue weighted by atomic mass is 35.5. The SMILES string of the molecule is Clc1ccccc1C(Cl)(c1ccccc1)c1ccc(C2C/C=C\CCCCC2)cc1. The van der Waals surface area contributed by atoms with Crippen molar-refractivity contribution in [2.45, 2.75) is 49.3 Å². The van der Waals surface area contributed by atoms with Gasteiger partial charge in [0.05, 0.1) is 0 Å². The first-order valence-corrected chi connectivity index (χ1v) is 11.7. The molecule has 0 spiro atoms. The van der Waals surface area contributed by atoms with Crippen molar-refractivity contribution in [2.75, 3.05) is 0 Å². The Kier molecular flexibility index (Phi) is 6.97. The zero-order valence-electron chi connectivity index (χ0n) is 17.2. The molecule has 2 unspecified atom stereocenters. The second-order valence-corrected chi connectivity index (χ2v) is 9.14. The molecule has 0 fully saturated rings. The Morgan fingerprint density at radius 1 is 0.700 bits per heavy atom. The van der Waals surface area contributed by atoms with Crippen molar-refractivity contribution in [3.05, 3.63) is 118 Å². The van der Waals surface area contributed by atoms with Crippen LogP contribution in [0.25, 0.3) is 0 Å². The molecule has 1 aliphatic carbocycles. The molecular formula is C28H28Cl2. The number of allylic oxidation sites excluding steroid dienone is 2. The number of benzene rings is 3. The lowest BCUT2D eigenvalue weighted by Crippen LogP contribution is -2.23. The lowest BCUT2D eigenvalue weighted by Gasteiger charge is -2.30. The molecule has 0 saturated heterocycles. The van der Waals surface area contributed by atoms with Gasteiger partial charge in [0.25, 0.3) is 0 Å². The summed E-state index contributed by atoms with van der Waals surface area (Å²) in [6.07, 6.45) is 12.2. The maximum absolute atomic E-state index is 7.43. The fraction of sp³-hybridized carbons (Fsp3) is 0.286. The molecule has 0 aromatic heterocycles. The largest absolute Gasteiger partial charge is 0.121 e. The third-order valence-corrected chi connectivity index (χ3v) is 7.18. The van der Waals surface area contributed by atoms with Gasteiger partial charge in [-0.25, -0.2) is 0 Å². The normalized spacial score (nSPS) is 20.4. The number of hydrogen-bond acceptors (Lipinski definition) is 0. The molecule has 0 aliphatic heterocycles. The van der Waals surface area contributed by atoms with E-state index in [1.54, 1.807) is 0 Å². The van der Waals surface area contributed by atoms with Crippen molar-refractivity contribution in [1.29, 1.82) is 0 Å². The first-order valence-electron chi connectivity index (χ1n) is 10.9. The molecule has 3 aromatic rings. The van der Waals surface area contributed by atoms with Crippen LogP contribution in [-0.2, 0) is 4.87 Å². The molecule has 1 aliphatic rings. The van der Waals surface area contributed by atoms with E-state index in [-0.39, 0.29) is 0 Å². The van der Waals surface area contributed by atoms with E-state index in [4.69, 9.17) is 23.2 Å². The van der Waals surface area contributed by atoms with Gasteiger partial charge < -0.3 is 0 Å². The predicted molar refractivity (Wildman–Crippen MR) is 130 cm³/mol. The monoisotopic (exact) mass is 434 g/mol. The molecule has 0 bridgehead atoms. The summed E-state index contributed by atoms with van der Waals surface area (Å²) in [7, 11) is 0. The minimum absolute atomic E-state index is 0.579. The molecule has 2 heteroatoms. The molecular weight excluding hydrogens is 407 g/mol. The molecule has 2 atom stereocenters. The van der Waals surface area contributed by atoms with Crippen LogP contribution in [0.5, 0.6) is 0 Å². The van der Waals surface area contributed by atoms with Crippen LogP contribution < -0.4 is 0 Å². The fourth-order valence-corrected chi connectivity index (χ4v) is 5.24. The highest BCUT2D eigenvalue weighted by Crippen LogP contribution is 2.46. The zero-order chi connectivity index (χ0) is 20.8. The highest BCUT2D eigenvalue weighted by Gasteiger charge is 2.35. The minimum Gasteiger partial charge on any atom is -0.103 e. The van der Waals surface area contributed by atoms with Crippen LogP contribution in [0.3, 0.4) is 0 Å². The van der Waals surface area contributed by atoms with Gasteiger partial charge in [-0.3, -0.25) is 0 Å². The van der Waals surface area contributed by atoms with Crippen molar-refractivity contribution >= 4 is 23.2 Å². The molecule has 4 rings (SSSR count).